The van der Waals surface area contributed by atoms with Crippen molar-refractivity contribution >= 4 is 5.97 Å². The second kappa shape index (κ2) is 12.6. The number of phenols is 4. The predicted octanol–water partition coefficient (Wildman–Crippen LogP) is 7.00. The molecule has 0 saturated heterocycles. The van der Waals surface area contributed by atoms with Crippen molar-refractivity contribution in [1.29, 1.82) is 0 Å². The molecule has 4 N–H and O–H groups in total. The molecule has 0 amide bonds. The van der Waals surface area contributed by atoms with Crippen LogP contribution in [0.3, 0.4) is 0 Å². The van der Waals surface area contributed by atoms with E-state index in [0.29, 0.717) is 19.4 Å². The smallest absolute Gasteiger partial charge is 0.305 e. The zero-order valence-electron chi connectivity index (χ0n) is 22.8. The van der Waals surface area contributed by atoms with E-state index in [-0.39, 0.29) is 47.2 Å². The monoisotopic (exact) mass is 540 g/mol. The summed E-state index contributed by atoms with van der Waals surface area (Å²) in [4.78, 5) is 12.6. The third kappa shape index (κ3) is 6.57. The molecule has 0 aliphatic carbocycles. The maximum Gasteiger partial charge on any atom is 0.305 e. The van der Waals surface area contributed by atoms with Gasteiger partial charge in [0.05, 0.1) is 6.61 Å². The summed E-state index contributed by atoms with van der Waals surface area (Å²) in [6.45, 7) is 4.24. The van der Waals surface area contributed by atoms with Gasteiger partial charge in [0, 0.05) is 17.8 Å². The molecule has 0 fully saturated rings. The lowest BCUT2D eigenvalue weighted by molar-refractivity contribution is -0.143. The lowest BCUT2D eigenvalue weighted by atomic mass is 9.63. The first-order valence-electron chi connectivity index (χ1n) is 13.5. The molecule has 0 saturated carbocycles. The van der Waals surface area contributed by atoms with Crippen LogP contribution in [0, 0.1) is 5.92 Å². The summed E-state index contributed by atoms with van der Waals surface area (Å²) in [6.07, 6.45) is 1.24. The molecule has 4 aromatic carbocycles. The summed E-state index contributed by atoms with van der Waals surface area (Å²) in [5.41, 5.74) is 3.21. The van der Waals surface area contributed by atoms with Crippen LogP contribution in [-0.4, -0.2) is 33.0 Å². The lowest BCUT2D eigenvalue weighted by Crippen LogP contribution is -2.33. The highest BCUT2D eigenvalue weighted by Gasteiger charge is 2.39. The molecule has 0 aromatic heterocycles. The predicted molar refractivity (Wildman–Crippen MR) is 155 cm³/mol. The number of hydrogen-bond acceptors (Lipinski definition) is 6. The molecule has 4 rings (SSSR count). The topological polar surface area (TPSA) is 107 Å². The fourth-order valence-electron chi connectivity index (χ4n) is 5.78. The maximum absolute atomic E-state index is 12.6. The Labute approximate surface area is 235 Å². The number of ether oxygens (including phenoxy) is 1. The van der Waals surface area contributed by atoms with Crippen LogP contribution in [0.15, 0.2) is 97.1 Å². The summed E-state index contributed by atoms with van der Waals surface area (Å²) >= 11 is 0. The Morgan fingerprint density at radius 2 is 1.05 bits per heavy atom. The third-order valence-electron chi connectivity index (χ3n) is 7.64. The zero-order chi connectivity index (χ0) is 28.7. The summed E-state index contributed by atoms with van der Waals surface area (Å²) in [5, 5.41) is 40.1. The van der Waals surface area contributed by atoms with Crippen LogP contribution >= 0.6 is 0 Å². The number of rotatable bonds is 11. The average Bonchev–Trinajstić information content (AvgIpc) is 2.94. The molecule has 1 unspecified atom stereocenters. The van der Waals surface area contributed by atoms with Gasteiger partial charge in [-0.25, -0.2) is 0 Å². The second-order valence-electron chi connectivity index (χ2n) is 10.3. The van der Waals surface area contributed by atoms with Crippen LogP contribution in [0.1, 0.15) is 61.3 Å². The number of benzene rings is 4. The molecule has 6 heteroatoms. The fraction of sp³-hybridized carbons (Fsp3) is 0.265. The molecular weight excluding hydrogens is 504 g/mol. The summed E-state index contributed by atoms with van der Waals surface area (Å²) < 4.78 is 5.29. The molecule has 0 heterocycles. The van der Waals surface area contributed by atoms with Gasteiger partial charge in [-0.1, -0.05) is 55.5 Å². The molecule has 0 aliphatic rings. The Kier molecular flexibility index (Phi) is 9.00. The summed E-state index contributed by atoms with van der Waals surface area (Å²) in [7, 11) is 0. The van der Waals surface area contributed by atoms with Crippen molar-refractivity contribution in [2.45, 2.75) is 44.4 Å². The maximum atomic E-state index is 12.6. The number of phenolic OH excluding ortho intramolecular Hbond substituents is 4. The highest BCUT2D eigenvalue weighted by molar-refractivity contribution is 5.69. The van der Waals surface area contributed by atoms with E-state index >= 15 is 0 Å². The van der Waals surface area contributed by atoms with E-state index in [1.54, 1.807) is 55.5 Å². The second-order valence-corrected chi connectivity index (χ2v) is 10.3. The van der Waals surface area contributed by atoms with Gasteiger partial charge in [-0.2, -0.15) is 0 Å². The standard InChI is InChI=1S/C34H36O6/c1-3-40-32(39)20-21-34(26-8-16-30(37)17-9-26,27-10-18-31(38)19-11-27)22-23(2)33(24-4-12-28(35)13-5-24)25-6-14-29(36)15-7-25/h4-19,23,33,35-38H,3,20-22H2,1-2H3. The van der Waals surface area contributed by atoms with Crippen LogP contribution in [0.25, 0.3) is 0 Å². The molecule has 6 nitrogen and oxygen atoms in total. The van der Waals surface area contributed by atoms with Crippen LogP contribution in [0.4, 0.5) is 0 Å². The van der Waals surface area contributed by atoms with Gasteiger partial charge >= 0.3 is 5.97 Å². The van der Waals surface area contributed by atoms with Crippen molar-refractivity contribution in [3.8, 4) is 23.0 Å². The van der Waals surface area contributed by atoms with Gasteiger partial charge in [-0.05, 0) is 96.5 Å². The largest absolute Gasteiger partial charge is 0.508 e. The van der Waals surface area contributed by atoms with Crippen LogP contribution in [0.2, 0.25) is 0 Å². The Balaban J connectivity index is 1.86. The Bertz CT molecular complexity index is 1290. The number of hydrogen-bond donors (Lipinski definition) is 4. The molecule has 0 radical (unpaired) electrons. The number of esters is 1. The summed E-state index contributed by atoms with van der Waals surface area (Å²) in [6, 6.07) is 28.4. The Hall–Kier alpha value is -4.45. The first kappa shape index (κ1) is 28.6. The minimum atomic E-state index is -0.667. The quantitative estimate of drug-likeness (QED) is 0.153. The first-order valence-corrected chi connectivity index (χ1v) is 13.5. The van der Waals surface area contributed by atoms with Crippen molar-refractivity contribution < 1.29 is 30.0 Å². The van der Waals surface area contributed by atoms with Crippen molar-refractivity contribution in [3.05, 3.63) is 119 Å². The van der Waals surface area contributed by atoms with E-state index in [1.165, 1.54) is 0 Å². The van der Waals surface area contributed by atoms with E-state index in [2.05, 4.69) is 6.92 Å². The van der Waals surface area contributed by atoms with Gasteiger partial charge in [0.1, 0.15) is 23.0 Å². The minimum Gasteiger partial charge on any atom is -0.508 e. The molecular formula is C34H36O6. The first-order chi connectivity index (χ1) is 19.2. The number of carbonyl (C=O) groups is 1. The highest BCUT2D eigenvalue weighted by atomic mass is 16.5. The van der Waals surface area contributed by atoms with Crippen molar-refractivity contribution in [2.24, 2.45) is 5.92 Å². The normalized spacial score (nSPS) is 12.3. The summed E-state index contributed by atoms with van der Waals surface area (Å²) in [5.74, 6) is 0.262. The van der Waals surface area contributed by atoms with Gasteiger partial charge in [-0.15, -0.1) is 0 Å². The van der Waals surface area contributed by atoms with Gasteiger partial charge in [0.2, 0.25) is 0 Å². The number of aromatic hydroxyl groups is 4. The lowest BCUT2D eigenvalue weighted by Gasteiger charge is -2.40. The Morgan fingerprint density at radius 1 is 0.675 bits per heavy atom. The van der Waals surface area contributed by atoms with Crippen LogP contribution in [0.5, 0.6) is 23.0 Å². The fourth-order valence-corrected chi connectivity index (χ4v) is 5.78. The minimum absolute atomic E-state index is 0.00103. The van der Waals surface area contributed by atoms with Gasteiger partial charge in [0.25, 0.3) is 0 Å². The van der Waals surface area contributed by atoms with E-state index in [1.807, 2.05) is 48.5 Å². The van der Waals surface area contributed by atoms with Gasteiger partial charge < -0.3 is 25.2 Å². The van der Waals surface area contributed by atoms with Crippen molar-refractivity contribution in [2.75, 3.05) is 6.61 Å². The SMILES string of the molecule is CCOC(=O)CCC(CC(C)C(c1ccc(O)cc1)c1ccc(O)cc1)(c1ccc(O)cc1)c1ccc(O)cc1. The van der Waals surface area contributed by atoms with Gasteiger partial charge in [-0.3, -0.25) is 4.79 Å². The van der Waals surface area contributed by atoms with E-state index < -0.39 is 5.41 Å². The molecule has 0 bridgehead atoms. The molecule has 4 aromatic rings. The van der Waals surface area contributed by atoms with Crippen LogP contribution < -0.4 is 0 Å². The average molecular weight is 541 g/mol. The Morgan fingerprint density at radius 3 is 1.43 bits per heavy atom. The third-order valence-corrected chi connectivity index (χ3v) is 7.64. The zero-order valence-corrected chi connectivity index (χ0v) is 22.8. The molecule has 208 valence electrons. The van der Waals surface area contributed by atoms with E-state index in [0.717, 1.165) is 22.3 Å². The van der Waals surface area contributed by atoms with Crippen molar-refractivity contribution in [3.63, 3.8) is 0 Å². The molecule has 40 heavy (non-hydrogen) atoms. The van der Waals surface area contributed by atoms with E-state index in [9.17, 15) is 25.2 Å². The molecule has 0 spiro atoms. The van der Waals surface area contributed by atoms with Crippen molar-refractivity contribution in [1.82, 2.24) is 0 Å². The van der Waals surface area contributed by atoms with Gasteiger partial charge in [0.15, 0.2) is 0 Å². The van der Waals surface area contributed by atoms with Crippen LogP contribution in [-0.2, 0) is 14.9 Å². The molecule has 1 atom stereocenters. The molecule has 0 aliphatic heterocycles. The number of carbonyl (C=O) groups excluding carboxylic acids is 1. The highest BCUT2D eigenvalue weighted by Crippen LogP contribution is 2.47. The van der Waals surface area contributed by atoms with E-state index in [4.69, 9.17) is 4.74 Å².